The van der Waals surface area contributed by atoms with Crippen LogP contribution in [0.5, 0.6) is 0 Å². The summed E-state index contributed by atoms with van der Waals surface area (Å²) < 4.78 is 4.70. The maximum absolute atomic E-state index is 11.2. The second-order valence-corrected chi connectivity index (χ2v) is 4.26. The van der Waals surface area contributed by atoms with Gasteiger partial charge in [-0.05, 0) is 17.8 Å². The standard InChI is InChI=1S/C10H19NO2/c1-7(2)9-6-11(5-8(9)3)10(12)13-4/h7-9H,5-6H2,1-4H3. The monoisotopic (exact) mass is 185 g/mol. The molecule has 0 aromatic heterocycles. The Hall–Kier alpha value is -0.730. The van der Waals surface area contributed by atoms with E-state index in [0.29, 0.717) is 17.8 Å². The number of nitrogens with zero attached hydrogens (tertiary/aromatic N) is 1. The number of methoxy groups -OCH3 is 1. The van der Waals surface area contributed by atoms with E-state index in [-0.39, 0.29) is 6.09 Å². The topological polar surface area (TPSA) is 29.5 Å². The predicted molar refractivity (Wildman–Crippen MR) is 51.5 cm³/mol. The van der Waals surface area contributed by atoms with Crippen molar-refractivity contribution in [2.45, 2.75) is 20.8 Å². The maximum atomic E-state index is 11.2. The molecule has 1 heterocycles. The molecule has 0 spiro atoms. The lowest BCUT2D eigenvalue weighted by Crippen LogP contribution is -2.29. The summed E-state index contributed by atoms with van der Waals surface area (Å²) in [5.41, 5.74) is 0. The number of amides is 1. The van der Waals surface area contributed by atoms with E-state index in [1.54, 1.807) is 4.90 Å². The van der Waals surface area contributed by atoms with Gasteiger partial charge in [-0.1, -0.05) is 20.8 Å². The molecule has 0 aliphatic carbocycles. The third-order valence-corrected chi connectivity index (χ3v) is 2.96. The Kier molecular flexibility index (Phi) is 3.17. The summed E-state index contributed by atoms with van der Waals surface area (Å²) in [5, 5.41) is 0. The van der Waals surface area contributed by atoms with Crippen LogP contribution in [0.25, 0.3) is 0 Å². The van der Waals surface area contributed by atoms with E-state index in [1.165, 1.54) is 7.11 Å². The van der Waals surface area contributed by atoms with Gasteiger partial charge in [0.25, 0.3) is 0 Å². The molecule has 1 amide bonds. The van der Waals surface area contributed by atoms with Crippen molar-refractivity contribution in [2.24, 2.45) is 17.8 Å². The zero-order chi connectivity index (χ0) is 10.0. The number of ether oxygens (including phenoxy) is 1. The molecule has 1 aliphatic rings. The molecule has 1 fully saturated rings. The van der Waals surface area contributed by atoms with E-state index in [0.717, 1.165) is 13.1 Å². The van der Waals surface area contributed by atoms with Crippen molar-refractivity contribution in [3.05, 3.63) is 0 Å². The minimum absolute atomic E-state index is 0.185. The third-order valence-electron chi connectivity index (χ3n) is 2.96. The molecule has 0 bridgehead atoms. The normalized spacial score (nSPS) is 28.2. The van der Waals surface area contributed by atoms with Crippen LogP contribution >= 0.6 is 0 Å². The quantitative estimate of drug-likeness (QED) is 0.625. The Labute approximate surface area is 80.1 Å². The highest BCUT2D eigenvalue weighted by Crippen LogP contribution is 2.29. The van der Waals surface area contributed by atoms with Crippen LogP contribution in [0.2, 0.25) is 0 Å². The van der Waals surface area contributed by atoms with Crippen LogP contribution in [0, 0.1) is 17.8 Å². The number of carbonyl (C=O) groups excluding carboxylic acids is 1. The van der Waals surface area contributed by atoms with Crippen LogP contribution in [-0.4, -0.2) is 31.2 Å². The average Bonchev–Trinajstić information content (AvgIpc) is 2.46. The lowest BCUT2D eigenvalue weighted by molar-refractivity contribution is 0.130. The van der Waals surface area contributed by atoms with E-state index < -0.39 is 0 Å². The molecule has 2 unspecified atom stereocenters. The summed E-state index contributed by atoms with van der Waals surface area (Å²) in [5.74, 6) is 1.86. The Balaban J connectivity index is 2.54. The van der Waals surface area contributed by atoms with E-state index >= 15 is 0 Å². The lowest BCUT2D eigenvalue weighted by atomic mass is 9.88. The molecule has 1 aliphatic heterocycles. The van der Waals surface area contributed by atoms with Crippen LogP contribution in [0.15, 0.2) is 0 Å². The van der Waals surface area contributed by atoms with Gasteiger partial charge in [-0.25, -0.2) is 4.79 Å². The molecular weight excluding hydrogens is 166 g/mol. The number of rotatable bonds is 1. The summed E-state index contributed by atoms with van der Waals surface area (Å²) in [4.78, 5) is 13.0. The number of hydrogen-bond acceptors (Lipinski definition) is 2. The maximum Gasteiger partial charge on any atom is 0.409 e. The molecule has 1 saturated heterocycles. The highest BCUT2D eigenvalue weighted by atomic mass is 16.5. The highest BCUT2D eigenvalue weighted by Gasteiger charge is 2.34. The van der Waals surface area contributed by atoms with Gasteiger partial charge in [-0.2, -0.15) is 0 Å². The molecule has 0 saturated carbocycles. The van der Waals surface area contributed by atoms with E-state index in [4.69, 9.17) is 4.74 Å². The fraction of sp³-hybridized carbons (Fsp3) is 0.900. The molecule has 3 nitrogen and oxygen atoms in total. The number of hydrogen-bond donors (Lipinski definition) is 0. The van der Waals surface area contributed by atoms with Gasteiger partial charge in [0.05, 0.1) is 7.11 Å². The van der Waals surface area contributed by atoms with E-state index in [2.05, 4.69) is 20.8 Å². The van der Waals surface area contributed by atoms with Gasteiger partial charge >= 0.3 is 6.09 Å². The minimum Gasteiger partial charge on any atom is -0.453 e. The molecule has 0 aromatic carbocycles. The minimum atomic E-state index is -0.185. The molecule has 0 aromatic rings. The first kappa shape index (κ1) is 10.4. The summed E-state index contributed by atoms with van der Waals surface area (Å²) in [6, 6.07) is 0. The first-order valence-corrected chi connectivity index (χ1v) is 4.89. The number of carbonyl (C=O) groups is 1. The van der Waals surface area contributed by atoms with Gasteiger partial charge in [0.2, 0.25) is 0 Å². The van der Waals surface area contributed by atoms with Crippen molar-refractivity contribution >= 4 is 6.09 Å². The summed E-state index contributed by atoms with van der Waals surface area (Å²) in [6.45, 7) is 8.32. The molecule has 13 heavy (non-hydrogen) atoms. The average molecular weight is 185 g/mol. The SMILES string of the molecule is COC(=O)N1CC(C)C(C(C)C)C1. The van der Waals surface area contributed by atoms with E-state index in [1.807, 2.05) is 0 Å². The first-order valence-electron chi connectivity index (χ1n) is 4.89. The van der Waals surface area contributed by atoms with E-state index in [9.17, 15) is 4.79 Å². The molecular formula is C10H19NO2. The first-order chi connectivity index (χ1) is 6.06. The fourth-order valence-corrected chi connectivity index (χ4v) is 2.14. The predicted octanol–water partition coefficient (Wildman–Crippen LogP) is 1.98. The Morgan fingerprint density at radius 2 is 2.08 bits per heavy atom. The molecule has 76 valence electrons. The molecule has 1 rings (SSSR count). The van der Waals surface area contributed by atoms with Crippen LogP contribution in [0.3, 0.4) is 0 Å². The Morgan fingerprint density at radius 1 is 1.46 bits per heavy atom. The van der Waals surface area contributed by atoms with Crippen molar-refractivity contribution in [1.82, 2.24) is 4.90 Å². The van der Waals surface area contributed by atoms with Crippen molar-refractivity contribution in [2.75, 3.05) is 20.2 Å². The Morgan fingerprint density at radius 3 is 2.46 bits per heavy atom. The van der Waals surface area contributed by atoms with Crippen molar-refractivity contribution in [3.63, 3.8) is 0 Å². The largest absolute Gasteiger partial charge is 0.453 e. The van der Waals surface area contributed by atoms with Gasteiger partial charge < -0.3 is 9.64 Å². The van der Waals surface area contributed by atoms with Crippen molar-refractivity contribution in [3.8, 4) is 0 Å². The van der Waals surface area contributed by atoms with Crippen LogP contribution in [0.1, 0.15) is 20.8 Å². The van der Waals surface area contributed by atoms with Gasteiger partial charge in [0, 0.05) is 13.1 Å². The van der Waals surface area contributed by atoms with Crippen molar-refractivity contribution < 1.29 is 9.53 Å². The van der Waals surface area contributed by atoms with Gasteiger partial charge in [0.15, 0.2) is 0 Å². The van der Waals surface area contributed by atoms with Gasteiger partial charge in [0.1, 0.15) is 0 Å². The zero-order valence-electron chi connectivity index (χ0n) is 8.91. The van der Waals surface area contributed by atoms with Crippen LogP contribution < -0.4 is 0 Å². The smallest absolute Gasteiger partial charge is 0.409 e. The second kappa shape index (κ2) is 3.99. The molecule has 0 N–H and O–H groups in total. The van der Waals surface area contributed by atoms with Crippen LogP contribution in [0.4, 0.5) is 4.79 Å². The second-order valence-electron chi connectivity index (χ2n) is 4.26. The number of likely N-dealkylation sites (tertiary alicyclic amines) is 1. The highest BCUT2D eigenvalue weighted by molar-refractivity contribution is 5.67. The molecule has 2 atom stereocenters. The third kappa shape index (κ3) is 2.14. The van der Waals surface area contributed by atoms with Crippen molar-refractivity contribution in [1.29, 1.82) is 0 Å². The zero-order valence-corrected chi connectivity index (χ0v) is 8.91. The Bertz CT molecular complexity index is 191. The van der Waals surface area contributed by atoms with Crippen LogP contribution in [-0.2, 0) is 4.74 Å². The summed E-state index contributed by atoms with van der Waals surface area (Å²) in [6.07, 6.45) is -0.185. The summed E-state index contributed by atoms with van der Waals surface area (Å²) in [7, 11) is 1.44. The van der Waals surface area contributed by atoms with Gasteiger partial charge in [-0.3, -0.25) is 0 Å². The fourth-order valence-electron chi connectivity index (χ4n) is 2.14. The van der Waals surface area contributed by atoms with Gasteiger partial charge in [-0.15, -0.1) is 0 Å². The molecule has 3 heteroatoms. The molecule has 0 radical (unpaired) electrons. The lowest BCUT2D eigenvalue weighted by Gasteiger charge is -2.17. The summed E-state index contributed by atoms with van der Waals surface area (Å²) >= 11 is 0.